The van der Waals surface area contributed by atoms with Crippen molar-refractivity contribution in [3.05, 3.63) is 29.3 Å². The fourth-order valence-electron chi connectivity index (χ4n) is 1.71. The summed E-state index contributed by atoms with van der Waals surface area (Å²) in [6.07, 6.45) is 1.07. The fraction of sp³-hybridized carbons (Fsp3) is 0.455. The van der Waals surface area contributed by atoms with Crippen molar-refractivity contribution in [2.45, 2.75) is 19.3 Å². The molecule has 0 aliphatic carbocycles. The van der Waals surface area contributed by atoms with Gasteiger partial charge in [0.15, 0.2) is 0 Å². The van der Waals surface area contributed by atoms with Gasteiger partial charge in [-0.1, -0.05) is 41.1 Å². The third-order valence-corrected chi connectivity index (χ3v) is 3.48. The van der Waals surface area contributed by atoms with Gasteiger partial charge in [-0.05, 0) is 17.0 Å². The summed E-state index contributed by atoms with van der Waals surface area (Å²) < 4.78 is 5.63. The van der Waals surface area contributed by atoms with Crippen LogP contribution in [0.15, 0.2) is 18.2 Å². The molecule has 1 aromatic carbocycles. The summed E-state index contributed by atoms with van der Waals surface area (Å²) in [5.74, 6) is 1.67. The molecule has 2 rings (SSSR count). The number of halogens is 1. The Balaban J connectivity index is 2.41. The number of fused-ring (bicyclic) bond motifs is 1. The SMILES string of the molecule is CC(CBr)c1cccc2c1OCC2. The smallest absolute Gasteiger partial charge is 0.126 e. The maximum atomic E-state index is 5.63. The number of ether oxygens (including phenoxy) is 1. The first-order valence-electron chi connectivity index (χ1n) is 4.63. The Kier molecular flexibility index (Phi) is 2.58. The summed E-state index contributed by atoms with van der Waals surface area (Å²) in [6.45, 7) is 3.06. The van der Waals surface area contributed by atoms with Gasteiger partial charge in [-0.15, -0.1) is 0 Å². The average molecular weight is 241 g/mol. The molecule has 0 spiro atoms. The van der Waals surface area contributed by atoms with Crippen LogP contribution in [0.1, 0.15) is 24.0 Å². The Morgan fingerprint density at radius 1 is 1.54 bits per heavy atom. The van der Waals surface area contributed by atoms with Gasteiger partial charge in [-0.2, -0.15) is 0 Å². The van der Waals surface area contributed by atoms with Crippen LogP contribution in [0, 0.1) is 0 Å². The lowest BCUT2D eigenvalue weighted by Crippen LogP contribution is -1.97. The lowest BCUT2D eigenvalue weighted by Gasteiger charge is -2.12. The monoisotopic (exact) mass is 240 g/mol. The Morgan fingerprint density at radius 3 is 3.15 bits per heavy atom. The lowest BCUT2D eigenvalue weighted by molar-refractivity contribution is 0.352. The maximum absolute atomic E-state index is 5.63. The Labute approximate surface area is 87.2 Å². The minimum atomic E-state index is 0.535. The molecule has 0 amide bonds. The van der Waals surface area contributed by atoms with Gasteiger partial charge in [0.25, 0.3) is 0 Å². The van der Waals surface area contributed by atoms with Gasteiger partial charge >= 0.3 is 0 Å². The Bertz CT molecular complexity index is 309. The van der Waals surface area contributed by atoms with Gasteiger partial charge in [-0.3, -0.25) is 0 Å². The van der Waals surface area contributed by atoms with E-state index in [1.807, 2.05) is 0 Å². The van der Waals surface area contributed by atoms with Crippen LogP contribution in [0.3, 0.4) is 0 Å². The van der Waals surface area contributed by atoms with E-state index >= 15 is 0 Å². The third kappa shape index (κ3) is 1.60. The molecule has 70 valence electrons. The van der Waals surface area contributed by atoms with E-state index in [9.17, 15) is 0 Å². The molecule has 1 aliphatic rings. The number of hydrogen-bond donors (Lipinski definition) is 0. The predicted molar refractivity (Wildman–Crippen MR) is 57.9 cm³/mol. The van der Waals surface area contributed by atoms with E-state index in [0.717, 1.165) is 24.1 Å². The normalized spacial score (nSPS) is 16.5. The Morgan fingerprint density at radius 2 is 2.38 bits per heavy atom. The number of para-hydroxylation sites is 1. The molecule has 1 heterocycles. The topological polar surface area (TPSA) is 9.23 Å². The number of rotatable bonds is 2. The highest BCUT2D eigenvalue weighted by Crippen LogP contribution is 2.34. The molecular formula is C11H13BrO. The second-order valence-electron chi connectivity index (χ2n) is 3.49. The second kappa shape index (κ2) is 3.70. The van der Waals surface area contributed by atoms with Crippen LogP contribution in [0.5, 0.6) is 5.75 Å². The number of alkyl halides is 1. The minimum absolute atomic E-state index is 0.535. The van der Waals surface area contributed by atoms with E-state index < -0.39 is 0 Å². The molecule has 0 radical (unpaired) electrons. The summed E-state index contributed by atoms with van der Waals surface area (Å²) >= 11 is 3.50. The highest BCUT2D eigenvalue weighted by atomic mass is 79.9. The molecule has 0 saturated carbocycles. The van der Waals surface area contributed by atoms with E-state index in [2.05, 4.69) is 41.1 Å². The molecule has 0 saturated heterocycles. The van der Waals surface area contributed by atoms with E-state index in [4.69, 9.17) is 4.74 Å². The van der Waals surface area contributed by atoms with Crippen LogP contribution < -0.4 is 4.74 Å². The minimum Gasteiger partial charge on any atom is -0.493 e. The Hall–Kier alpha value is -0.500. The van der Waals surface area contributed by atoms with Crippen LogP contribution >= 0.6 is 15.9 Å². The molecule has 1 nitrogen and oxygen atoms in total. The molecule has 0 bridgehead atoms. The largest absolute Gasteiger partial charge is 0.493 e. The van der Waals surface area contributed by atoms with Crippen LogP contribution in [0.2, 0.25) is 0 Å². The summed E-state index contributed by atoms with van der Waals surface area (Å²) in [5.41, 5.74) is 2.71. The molecule has 13 heavy (non-hydrogen) atoms. The van der Waals surface area contributed by atoms with Crippen LogP contribution in [0.4, 0.5) is 0 Å². The van der Waals surface area contributed by atoms with Crippen LogP contribution in [-0.4, -0.2) is 11.9 Å². The van der Waals surface area contributed by atoms with E-state index in [-0.39, 0.29) is 0 Å². The molecule has 0 fully saturated rings. The molecule has 2 heteroatoms. The van der Waals surface area contributed by atoms with Crippen LogP contribution in [0.25, 0.3) is 0 Å². The van der Waals surface area contributed by atoms with Gasteiger partial charge < -0.3 is 4.74 Å². The van der Waals surface area contributed by atoms with Crippen molar-refractivity contribution in [2.75, 3.05) is 11.9 Å². The standard InChI is InChI=1S/C11H13BrO/c1-8(7-12)10-4-2-3-9-5-6-13-11(9)10/h2-4,8H,5-7H2,1H3. The summed E-state index contributed by atoms with van der Waals surface area (Å²) in [4.78, 5) is 0. The van der Waals surface area contributed by atoms with E-state index in [1.165, 1.54) is 11.1 Å². The summed E-state index contributed by atoms with van der Waals surface area (Å²) in [5, 5.41) is 0.993. The van der Waals surface area contributed by atoms with Crippen molar-refractivity contribution < 1.29 is 4.74 Å². The molecule has 1 aromatic rings. The molecule has 0 N–H and O–H groups in total. The first-order chi connectivity index (χ1) is 6.33. The molecular weight excluding hydrogens is 228 g/mol. The molecule has 1 aliphatic heterocycles. The lowest BCUT2D eigenvalue weighted by atomic mass is 9.99. The zero-order chi connectivity index (χ0) is 9.26. The average Bonchev–Trinajstić information content (AvgIpc) is 2.63. The van der Waals surface area contributed by atoms with E-state index in [0.29, 0.717) is 5.92 Å². The van der Waals surface area contributed by atoms with Crippen molar-refractivity contribution in [2.24, 2.45) is 0 Å². The first-order valence-corrected chi connectivity index (χ1v) is 5.75. The highest BCUT2D eigenvalue weighted by molar-refractivity contribution is 9.09. The van der Waals surface area contributed by atoms with Crippen molar-refractivity contribution in [3.63, 3.8) is 0 Å². The fourth-order valence-corrected chi connectivity index (χ4v) is 2.06. The first kappa shape index (κ1) is 9.07. The predicted octanol–water partition coefficient (Wildman–Crippen LogP) is 3.12. The summed E-state index contributed by atoms with van der Waals surface area (Å²) in [7, 11) is 0. The zero-order valence-electron chi connectivity index (χ0n) is 7.72. The summed E-state index contributed by atoms with van der Waals surface area (Å²) in [6, 6.07) is 6.45. The number of hydrogen-bond acceptors (Lipinski definition) is 1. The van der Waals surface area contributed by atoms with Gasteiger partial charge in [0.05, 0.1) is 6.61 Å². The molecule has 0 aromatic heterocycles. The quantitative estimate of drug-likeness (QED) is 0.723. The molecule has 1 unspecified atom stereocenters. The highest BCUT2D eigenvalue weighted by Gasteiger charge is 2.18. The van der Waals surface area contributed by atoms with Crippen molar-refractivity contribution in [1.29, 1.82) is 0 Å². The van der Waals surface area contributed by atoms with Crippen molar-refractivity contribution in [1.82, 2.24) is 0 Å². The van der Waals surface area contributed by atoms with Gasteiger partial charge in [0.1, 0.15) is 5.75 Å². The van der Waals surface area contributed by atoms with Gasteiger partial charge in [0, 0.05) is 11.8 Å². The van der Waals surface area contributed by atoms with Crippen LogP contribution in [-0.2, 0) is 6.42 Å². The second-order valence-corrected chi connectivity index (χ2v) is 4.14. The zero-order valence-corrected chi connectivity index (χ0v) is 9.30. The maximum Gasteiger partial charge on any atom is 0.126 e. The van der Waals surface area contributed by atoms with Crippen molar-refractivity contribution in [3.8, 4) is 5.75 Å². The van der Waals surface area contributed by atoms with Gasteiger partial charge in [0.2, 0.25) is 0 Å². The van der Waals surface area contributed by atoms with Gasteiger partial charge in [-0.25, -0.2) is 0 Å². The number of benzene rings is 1. The van der Waals surface area contributed by atoms with Crippen molar-refractivity contribution >= 4 is 15.9 Å². The van der Waals surface area contributed by atoms with E-state index in [1.54, 1.807) is 0 Å². The molecule has 1 atom stereocenters. The third-order valence-electron chi connectivity index (χ3n) is 2.51.